The average molecular weight is 349 g/mol. The molecule has 2 rings (SSSR count). The first kappa shape index (κ1) is 17.7. The van der Waals surface area contributed by atoms with E-state index >= 15 is 0 Å². The summed E-state index contributed by atoms with van der Waals surface area (Å²) in [5.74, 6) is -0.390. The standard InChI is InChI=1S/C16H19N3O4S/c1-9-13(15(17-3)24-19-9)16(21)23-10(2)14(20)18-11-6-5-7-12(8-11)22-4/h5-8,10,17H,1-4H3,(H,18,20)/t10-/m1/s1. The minimum Gasteiger partial charge on any atom is -0.497 e. The smallest absolute Gasteiger partial charge is 0.343 e. The molecule has 24 heavy (non-hydrogen) atoms. The van der Waals surface area contributed by atoms with Crippen molar-refractivity contribution >= 4 is 34.1 Å². The van der Waals surface area contributed by atoms with Crippen LogP contribution in [-0.2, 0) is 9.53 Å². The molecule has 0 radical (unpaired) electrons. The van der Waals surface area contributed by atoms with E-state index in [4.69, 9.17) is 9.47 Å². The van der Waals surface area contributed by atoms with Gasteiger partial charge in [-0.15, -0.1) is 0 Å². The SMILES string of the molecule is CNc1snc(C)c1C(=O)O[C@H](C)C(=O)Nc1cccc(OC)c1. The first-order valence-electron chi connectivity index (χ1n) is 7.26. The lowest BCUT2D eigenvalue weighted by atomic mass is 10.2. The molecule has 128 valence electrons. The molecule has 1 heterocycles. The first-order valence-corrected chi connectivity index (χ1v) is 8.03. The van der Waals surface area contributed by atoms with Gasteiger partial charge in [-0.2, -0.15) is 4.37 Å². The van der Waals surface area contributed by atoms with Crippen LogP contribution in [0.2, 0.25) is 0 Å². The number of rotatable bonds is 6. The molecule has 1 aromatic heterocycles. The highest BCUT2D eigenvalue weighted by Gasteiger charge is 2.24. The number of nitrogens with zero attached hydrogens (tertiary/aromatic N) is 1. The molecule has 0 aliphatic rings. The molecule has 0 fully saturated rings. The number of amides is 1. The number of ether oxygens (including phenoxy) is 2. The zero-order valence-corrected chi connectivity index (χ0v) is 14.7. The summed E-state index contributed by atoms with van der Waals surface area (Å²) >= 11 is 1.17. The predicted molar refractivity (Wildman–Crippen MR) is 92.9 cm³/mol. The highest BCUT2D eigenvalue weighted by atomic mass is 32.1. The summed E-state index contributed by atoms with van der Waals surface area (Å²) < 4.78 is 14.5. The number of methoxy groups -OCH3 is 1. The average Bonchev–Trinajstić information content (AvgIpc) is 2.95. The van der Waals surface area contributed by atoms with Crippen molar-refractivity contribution in [3.05, 3.63) is 35.5 Å². The Labute approximate surface area is 144 Å². The molecule has 0 unspecified atom stereocenters. The van der Waals surface area contributed by atoms with Crippen LogP contribution in [0, 0.1) is 6.92 Å². The van der Waals surface area contributed by atoms with Crippen LogP contribution in [0.4, 0.5) is 10.7 Å². The molecule has 2 N–H and O–H groups in total. The van der Waals surface area contributed by atoms with Crippen molar-refractivity contribution in [3.8, 4) is 5.75 Å². The minimum absolute atomic E-state index is 0.350. The van der Waals surface area contributed by atoms with Gasteiger partial charge in [-0.3, -0.25) is 4.79 Å². The molecule has 0 aliphatic carbocycles. The van der Waals surface area contributed by atoms with Crippen LogP contribution in [0.25, 0.3) is 0 Å². The number of nitrogens with one attached hydrogen (secondary N) is 2. The van der Waals surface area contributed by atoms with Crippen molar-refractivity contribution in [2.75, 3.05) is 24.8 Å². The van der Waals surface area contributed by atoms with Gasteiger partial charge in [0, 0.05) is 18.8 Å². The molecule has 0 spiro atoms. The summed E-state index contributed by atoms with van der Waals surface area (Å²) in [6.07, 6.45) is -0.951. The van der Waals surface area contributed by atoms with E-state index in [0.717, 1.165) is 0 Å². The molecular formula is C16H19N3O4S. The summed E-state index contributed by atoms with van der Waals surface area (Å²) in [5, 5.41) is 6.19. The summed E-state index contributed by atoms with van der Waals surface area (Å²) in [7, 11) is 3.24. The molecule has 8 heteroatoms. The molecule has 0 saturated carbocycles. The van der Waals surface area contributed by atoms with Crippen LogP contribution in [0.15, 0.2) is 24.3 Å². The Bertz CT molecular complexity index is 745. The number of hydrogen-bond acceptors (Lipinski definition) is 7. The number of carbonyl (C=O) groups is 2. The Morgan fingerprint density at radius 1 is 1.33 bits per heavy atom. The Balaban J connectivity index is 2.03. The van der Waals surface area contributed by atoms with Gasteiger partial charge in [0.25, 0.3) is 5.91 Å². The highest BCUT2D eigenvalue weighted by Crippen LogP contribution is 2.25. The monoisotopic (exact) mass is 349 g/mol. The van der Waals surface area contributed by atoms with Crippen molar-refractivity contribution in [1.82, 2.24) is 4.37 Å². The highest BCUT2D eigenvalue weighted by molar-refractivity contribution is 7.10. The first-order chi connectivity index (χ1) is 11.5. The van der Waals surface area contributed by atoms with E-state index in [1.165, 1.54) is 18.5 Å². The molecule has 2 aromatic rings. The number of aromatic nitrogens is 1. The van der Waals surface area contributed by atoms with E-state index in [1.807, 2.05) is 0 Å². The maximum Gasteiger partial charge on any atom is 0.343 e. The Hall–Kier alpha value is -2.61. The number of aryl methyl sites for hydroxylation is 1. The summed E-state index contributed by atoms with van der Waals surface area (Å²) in [5.41, 5.74) is 1.48. The number of benzene rings is 1. The molecule has 0 aliphatic heterocycles. The maximum absolute atomic E-state index is 12.3. The second-order valence-electron chi connectivity index (χ2n) is 4.99. The third-order valence-electron chi connectivity index (χ3n) is 3.28. The maximum atomic E-state index is 12.3. The fourth-order valence-electron chi connectivity index (χ4n) is 2.00. The number of esters is 1. The van der Waals surface area contributed by atoms with E-state index in [1.54, 1.807) is 45.3 Å². The van der Waals surface area contributed by atoms with Crippen LogP contribution < -0.4 is 15.4 Å². The number of hydrogen-bond donors (Lipinski definition) is 2. The lowest BCUT2D eigenvalue weighted by Crippen LogP contribution is -2.30. The molecule has 1 atom stereocenters. The molecule has 7 nitrogen and oxygen atoms in total. The van der Waals surface area contributed by atoms with Gasteiger partial charge in [-0.05, 0) is 37.5 Å². The fraction of sp³-hybridized carbons (Fsp3) is 0.312. The van der Waals surface area contributed by atoms with E-state index in [-0.39, 0.29) is 0 Å². The third-order valence-corrected chi connectivity index (χ3v) is 4.24. The van der Waals surface area contributed by atoms with Gasteiger partial charge in [0.05, 0.1) is 12.8 Å². The predicted octanol–water partition coefficient (Wildman–Crippen LogP) is 2.69. The molecule has 1 amide bonds. The molecule has 0 bridgehead atoms. The summed E-state index contributed by atoms with van der Waals surface area (Å²) in [6, 6.07) is 6.93. The van der Waals surface area contributed by atoms with Crippen molar-refractivity contribution in [3.63, 3.8) is 0 Å². The van der Waals surface area contributed by atoms with Crippen LogP contribution in [0.3, 0.4) is 0 Å². The molecule has 0 saturated heterocycles. The van der Waals surface area contributed by atoms with Crippen molar-refractivity contribution in [1.29, 1.82) is 0 Å². The van der Waals surface area contributed by atoms with E-state index in [9.17, 15) is 9.59 Å². The Morgan fingerprint density at radius 3 is 2.75 bits per heavy atom. The number of carbonyl (C=O) groups excluding carboxylic acids is 2. The van der Waals surface area contributed by atoms with Crippen LogP contribution in [0.1, 0.15) is 23.0 Å². The van der Waals surface area contributed by atoms with Gasteiger partial charge in [0.15, 0.2) is 6.10 Å². The Kier molecular flexibility index (Phi) is 5.75. The van der Waals surface area contributed by atoms with Gasteiger partial charge in [0.2, 0.25) is 0 Å². The normalized spacial score (nSPS) is 11.5. The van der Waals surface area contributed by atoms with Gasteiger partial charge in [-0.1, -0.05) is 6.07 Å². The van der Waals surface area contributed by atoms with Crippen molar-refractivity contribution in [2.45, 2.75) is 20.0 Å². The van der Waals surface area contributed by atoms with E-state index in [0.29, 0.717) is 27.7 Å². The summed E-state index contributed by atoms with van der Waals surface area (Å²) in [4.78, 5) is 24.5. The number of anilines is 2. The van der Waals surface area contributed by atoms with Gasteiger partial charge >= 0.3 is 5.97 Å². The Morgan fingerprint density at radius 2 is 2.08 bits per heavy atom. The third kappa shape index (κ3) is 4.02. The minimum atomic E-state index is -0.951. The van der Waals surface area contributed by atoms with Crippen molar-refractivity contribution < 1.29 is 19.1 Å². The molecular weight excluding hydrogens is 330 g/mol. The van der Waals surface area contributed by atoms with Gasteiger partial charge in [-0.25, -0.2) is 4.79 Å². The van der Waals surface area contributed by atoms with Gasteiger partial charge in [0.1, 0.15) is 16.3 Å². The van der Waals surface area contributed by atoms with Crippen LogP contribution in [0.5, 0.6) is 5.75 Å². The second-order valence-corrected chi connectivity index (χ2v) is 5.76. The van der Waals surface area contributed by atoms with E-state index < -0.39 is 18.0 Å². The lowest BCUT2D eigenvalue weighted by molar-refractivity contribution is -0.123. The van der Waals surface area contributed by atoms with Gasteiger partial charge < -0.3 is 20.1 Å². The van der Waals surface area contributed by atoms with E-state index in [2.05, 4.69) is 15.0 Å². The quantitative estimate of drug-likeness (QED) is 0.780. The zero-order chi connectivity index (χ0) is 17.7. The second kappa shape index (κ2) is 7.78. The van der Waals surface area contributed by atoms with Crippen LogP contribution >= 0.6 is 11.5 Å². The largest absolute Gasteiger partial charge is 0.497 e. The zero-order valence-electron chi connectivity index (χ0n) is 13.9. The molecule has 1 aromatic carbocycles. The van der Waals surface area contributed by atoms with Crippen LogP contribution in [-0.4, -0.2) is 36.5 Å². The topological polar surface area (TPSA) is 89.5 Å². The van der Waals surface area contributed by atoms with Crippen molar-refractivity contribution in [2.24, 2.45) is 0 Å². The summed E-state index contributed by atoms with van der Waals surface area (Å²) in [6.45, 7) is 3.23. The lowest BCUT2D eigenvalue weighted by Gasteiger charge is -2.14. The fourth-order valence-corrected chi connectivity index (χ4v) is 2.73.